The molecule has 6 nitrogen and oxygen atoms in total. The number of rotatable bonds is 9. The molecule has 0 aliphatic rings. The van der Waals surface area contributed by atoms with Gasteiger partial charge in [0.1, 0.15) is 17.5 Å². The molecular formula is C20H28N6. The average molecular weight is 352 g/mol. The molecule has 2 heterocycles. The van der Waals surface area contributed by atoms with Crippen LogP contribution in [-0.2, 0) is 6.42 Å². The Morgan fingerprint density at radius 2 is 1.77 bits per heavy atom. The highest BCUT2D eigenvalue weighted by Gasteiger charge is 2.05. The summed E-state index contributed by atoms with van der Waals surface area (Å²) in [7, 11) is 4.18. The first-order chi connectivity index (χ1) is 12.6. The SMILES string of the molecule is Cc1nc(NCCCN(C)C)cc(NCCc2c[nH]c3ccccc23)n1. The van der Waals surface area contributed by atoms with Crippen LogP contribution in [0.1, 0.15) is 17.8 Å². The second-order valence-electron chi connectivity index (χ2n) is 6.81. The predicted octanol–water partition coefficient (Wildman–Crippen LogP) is 3.28. The summed E-state index contributed by atoms with van der Waals surface area (Å²) < 4.78 is 0. The average Bonchev–Trinajstić information content (AvgIpc) is 3.02. The molecule has 3 N–H and O–H groups in total. The third kappa shape index (κ3) is 4.95. The summed E-state index contributed by atoms with van der Waals surface area (Å²) in [6.45, 7) is 4.73. The van der Waals surface area contributed by atoms with Crippen molar-refractivity contribution in [2.75, 3.05) is 44.4 Å². The molecule has 0 radical (unpaired) electrons. The van der Waals surface area contributed by atoms with Gasteiger partial charge in [-0.05, 0) is 52.0 Å². The zero-order valence-corrected chi connectivity index (χ0v) is 15.8. The molecule has 0 unspecified atom stereocenters. The Bertz CT molecular complexity index is 839. The monoisotopic (exact) mass is 352 g/mol. The summed E-state index contributed by atoms with van der Waals surface area (Å²) in [6.07, 6.45) is 4.12. The van der Waals surface area contributed by atoms with Crippen molar-refractivity contribution in [3.8, 4) is 0 Å². The van der Waals surface area contributed by atoms with Crippen molar-refractivity contribution in [2.45, 2.75) is 19.8 Å². The van der Waals surface area contributed by atoms with Gasteiger partial charge in [0.25, 0.3) is 0 Å². The number of hydrogen-bond acceptors (Lipinski definition) is 5. The number of anilines is 2. The number of aryl methyl sites for hydroxylation is 1. The predicted molar refractivity (Wildman–Crippen MR) is 109 cm³/mol. The summed E-state index contributed by atoms with van der Waals surface area (Å²) in [5, 5.41) is 8.10. The first-order valence-corrected chi connectivity index (χ1v) is 9.15. The zero-order valence-electron chi connectivity index (χ0n) is 15.8. The number of para-hydroxylation sites is 1. The van der Waals surface area contributed by atoms with E-state index >= 15 is 0 Å². The minimum absolute atomic E-state index is 0.775. The second kappa shape index (κ2) is 8.67. The van der Waals surface area contributed by atoms with Gasteiger partial charge in [0.05, 0.1) is 0 Å². The van der Waals surface area contributed by atoms with Crippen LogP contribution in [0.4, 0.5) is 11.6 Å². The van der Waals surface area contributed by atoms with Gasteiger partial charge in [0.2, 0.25) is 0 Å². The van der Waals surface area contributed by atoms with Gasteiger partial charge in [-0.2, -0.15) is 0 Å². The molecule has 6 heteroatoms. The normalized spacial score (nSPS) is 11.2. The molecule has 0 saturated carbocycles. The minimum atomic E-state index is 0.775. The Morgan fingerprint density at radius 3 is 2.54 bits per heavy atom. The van der Waals surface area contributed by atoms with Gasteiger partial charge in [-0.1, -0.05) is 18.2 Å². The van der Waals surface area contributed by atoms with Gasteiger partial charge in [-0.15, -0.1) is 0 Å². The van der Waals surface area contributed by atoms with Crippen molar-refractivity contribution >= 4 is 22.5 Å². The molecule has 0 fully saturated rings. The lowest BCUT2D eigenvalue weighted by Gasteiger charge is -2.12. The molecule has 2 aromatic heterocycles. The van der Waals surface area contributed by atoms with Gasteiger partial charge >= 0.3 is 0 Å². The maximum absolute atomic E-state index is 4.49. The van der Waals surface area contributed by atoms with Crippen molar-refractivity contribution in [3.05, 3.63) is 47.9 Å². The van der Waals surface area contributed by atoms with E-state index in [1.54, 1.807) is 0 Å². The number of nitrogens with zero attached hydrogens (tertiary/aromatic N) is 3. The molecule has 0 spiro atoms. The van der Waals surface area contributed by atoms with E-state index in [9.17, 15) is 0 Å². The van der Waals surface area contributed by atoms with Crippen LogP contribution in [0.2, 0.25) is 0 Å². The van der Waals surface area contributed by atoms with Crippen molar-refractivity contribution in [1.82, 2.24) is 19.9 Å². The zero-order chi connectivity index (χ0) is 18.4. The topological polar surface area (TPSA) is 68.9 Å². The van der Waals surface area contributed by atoms with E-state index in [2.05, 4.69) is 75.0 Å². The number of aromatic nitrogens is 3. The van der Waals surface area contributed by atoms with Crippen LogP contribution >= 0.6 is 0 Å². The molecule has 0 aliphatic carbocycles. The summed E-state index contributed by atoms with van der Waals surface area (Å²) in [5.41, 5.74) is 2.51. The smallest absolute Gasteiger partial charge is 0.131 e. The van der Waals surface area contributed by atoms with E-state index in [-0.39, 0.29) is 0 Å². The van der Waals surface area contributed by atoms with Crippen LogP contribution in [0.5, 0.6) is 0 Å². The first-order valence-electron chi connectivity index (χ1n) is 9.15. The number of fused-ring (bicyclic) bond motifs is 1. The van der Waals surface area contributed by atoms with Crippen LogP contribution < -0.4 is 10.6 Å². The van der Waals surface area contributed by atoms with Gasteiger partial charge in [0, 0.05) is 36.3 Å². The third-order valence-electron chi connectivity index (χ3n) is 4.30. The van der Waals surface area contributed by atoms with Crippen LogP contribution in [-0.4, -0.2) is 53.6 Å². The fourth-order valence-electron chi connectivity index (χ4n) is 3.02. The lowest BCUT2D eigenvalue weighted by Crippen LogP contribution is -2.17. The van der Waals surface area contributed by atoms with E-state index in [0.717, 1.165) is 49.9 Å². The van der Waals surface area contributed by atoms with Crippen LogP contribution in [0.3, 0.4) is 0 Å². The largest absolute Gasteiger partial charge is 0.370 e. The highest BCUT2D eigenvalue weighted by Crippen LogP contribution is 2.18. The third-order valence-corrected chi connectivity index (χ3v) is 4.30. The molecule has 138 valence electrons. The Hall–Kier alpha value is -2.60. The van der Waals surface area contributed by atoms with E-state index in [0.29, 0.717) is 0 Å². The maximum atomic E-state index is 4.49. The molecule has 26 heavy (non-hydrogen) atoms. The lowest BCUT2D eigenvalue weighted by molar-refractivity contribution is 0.405. The highest BCUT2D eigenvalue weighted by molar-refractivity contribution is 5.83. The number of benzene rings is 1. The molecule has 0 atom stereocenters. The van der Waals surface area contributed by atoms with Gasteiger partial charge in [0.15, 0.2) is 0 Å². The van der Waals surface area contributed by atoms with Crippen molar-refractivity contribution in [1.29, 1.82) is 0 Å². The molecule has 3 aromatic rings. The lowest BCUT2D eigenvalue weighted by atomic mass is 10.1. The van der Waals surface area contributed by atoms with Gasteiger partial charge in [-0.25, -0.2) is 9.97 Å². The van der Waals surface area contributed by atoms with Gasteiger partial charge in [-0.3, -0.25) is 0 Å². The molecule has 3 rings (SSSR count). The first kappa shape index (κ1) is 18.2. The quantitative estimate of drug-likeness (QED) is 0.516. The fraction of sp³-hybridized carbons (Fsp3) is 0.400. The number of nitrogens with one attached hydrogen (secondary N) is 3. The van der Waals surface area contributed by atoms with Crippen LogP contribution in [0.15, 0.2) is 36.5 Å². The standard InChI is InChI=1S/C20H28N6/c1-15-24-19(21-10-6-12-26(2)3)13-20(25-15)22-11-9-16-14-23-18-8-5-4-7-17(16)18/h4-5,7-8,13-14,23H,6,9-12H2,1-3H3,(H2,21,22,24,25). The molecule has 0 aliphatic heterocycles. The van der Waals surface area contributed by atoms with E-state index in [4.69, 9.17) is 0 Å². The van der Waals surface area contributed by atoms with E-state index < -0.39 is 0 Å². The Balaban J connectivity index is 1.54. The van der Waals surface area contributed by atoms with Crippen LogP contribution in [0, 0.1) is 6.92 Å². The second-order valence-corrected chi connectivity index (χ2v) is 6.81. The molecule has 1 aromatic carbocycles. The Kier molecular flexibility index (Phi) is 6.07. The van der Waals surface area contributed by atoms with Crippen molar-refractivity contribution in [3.63, 3.8) is 0 Å². The highest BCUT2D eigenvalue weighted by atomic mass is 15.1. The van der Waals surface area contributed by atoms with Crippen LogP contribution in [0.25, 0.3) is 10.9 Å². The summed E-state index contributed by atoms with van der Waals surface area (Å²) >= 11 is 0. The van der Waals surface area contributed by atoms with Crippen molar-refractivity contribution < 1.29 is 0 Å². The Labute approximate surface area is 155 Å². The molecule has 0 amide bonds. The molecule has 0 bridgehead atoms. The molecule has 0 saturated heterocycles. The Morgan fingerprint density at radius 1 is 1.04 bits per heavy atom. The number of hydrogen-bond donors (Lipinski definition) is 3. The fourth-order valence-corrected chi connectivity index (χ4v) is 3.02. The minimum Gasteiger partial charge on any atom is -0.370 e. The maximum Gasteiger partial charge on any atom is 0.131 e. The summed E-state index contributed by atoms with van der Waals surface area (Å²) in [5.74, 6) is 2.52. The number of H-pyrrole nitrogens is 1. The van der Waals surface area contributed by atoms with E-state index in [1.165, 1.54) is 16.5 Å². The van der Waals surface area contributed by atoms with E-state index in [1.807, 2.05) is 13.0 Å². The summed E-state index contributed by atoms with van der Waals surface area (Å²) in [6, 6.07) is 10.4. The van der Waals surface area contributed by atoms with Crippen molar-refractivity contribution in [2.24, 2.45) is 0 Å². The van der Waals surface area contributed by atoms with Gasteiger partial charge < -0.3 is 20.5 Å². The summed E-state index contributed by atoms with van der Waals surface area (Å²) in [4.78, 5) is 14.5. The molecular weight excluding hydrogens is 324 g/mol. The number of aromatic amines is 1.